The summed E-state index contributed by atoms with van der Waals surface area (Å²) in [6.45, 7) is 1.14. The van der Waals surface area contributed by atoms with Crippen LogP contribution in [0.2, 0.25) is 0 Å². The summed E-state index contributed by atoms with van der Waals surface area (Å²) in [7, 11) is 3.18. The Kier molecular flexibility index (Phi) is 3.98. The van der Waals surface area contributed by atoms with Crippen LogP contribution < -0.4 is 0 Å². The highest BCUT2D eigenvalue weighted by atomic mass is 16.5. The highest BCUT2D eigenvalue weighted by Crippen LogP contribution is 1.71. The van der Waals surface area contributed by atoms with E-state index >= 15 is 0 Å². The lowest BCUT2D eigenvalue weighted by molar-refractivity contribution is -0.0767. The molecule has 0 aromatic rings. The molecule has 0 saturated carbocycles. The standard InChI is InChI=1S/C4H11NO2/c1-5(6)3-4-7-2/h6H,3-4H2,1-2H3. The average Bonchev–Trinajstić information content (AvgIpc) is 1.61. The van der Waals surface area contributed by atoms with Crippen molar-refractivity contribution in [3.8, 4) is 0 Å². The zero-order valence-electron chi connectivity index (χ0n) is 4.72. The van der Waals surface area contributed by atoms with E-state index in [0.29, 0.717) is 13.2 Å². The van der Waals surface area contributed by atoms with E-state index in [1.807, 2.05) is 0 Å². The summed E-state index contributed by atoms with van der Waals surface area (Å²) in [6, 6.07) is 0. The molecule has 0 aliphatic heterocycles. The number of ether oxygens (including phenoxy) is 1. The normalized spacial score (nSPS) is 10.3. The minimum absolute atomic E-state index is 0.566. The van der Waals surface area contributed by atoms with Crippen LogP contribution in [0.25, 0.3) is 0 Å². The fraction of sp³-hybridized carbons (Fsp3) is 1.00. The number of likely N-dealkylation sites (N-methyl/N-ethyl adjacent to an activating group) is 1. The van der Waals surface area contributed by atoms with Gasteiger partial charge in [-0.25, -0.2) is 0 Å². The molecule has 0 heterocycles. The second-order valence-corrected chi connectivity index (χ2v) is 1.37. The van der Waals surface area contributed by atoms with E-state index in [1.165, 1.54) is 0 Å². The fourth-order valence-electron chi connectivity index (χ4n) is 0.223. The second kappa shape index (κ2) is 4.05. The summed E-state index contributed by atoms with van der Waals surface area (Å²) >= 11 is 0. The molecule has 0 unspecified atom stereocenters. The molecule has 0 aromatic carbocycles. The molecule has 0 saturated heterocycles. The van der Waals surface area contributed by atoms with E-state index in [-0.39, 0.29) is 0 Å². The van der Waals surface area contributed by atoms with Crippen LogP contribution >= 0.6 is 0 Å². The number of hydrogen-bond donors (Lipinski definition) is 1. The Hall–Kier alpha value is -0.120. The van der Waals surface area contributed by atoms with Gasteiger partial charge in [0.25, 0.3) is 0 Å². The fourth-order valence-corrected chi connectivity index (χ4v) is 0.223. The zero-order chi connectivity index (χ0) is 5.70. The Bertz CT molecular complexity index is 38.7. The summed E-state index contributed by atoms with van der Waals surface area (Å²) in [6.07, 6.45) is 0. The summed E-state index contributed by atoms with van der Waals surface area (Å²) in [5.41, 5.74) is 0. The maximum atomic E-state index is 8.44. The molecule has 3 nitrogen and oxygen atoms in total. The molecule has 0 rings (SSSR count). The van der Waals surface area contributed by atoms with Crippen LogP contribution in [0.1, 0.15) is 0 Å². The predicted molar refractivity (Wildman–Crippen MR) is 26.3 cm³/mol. The number of hydrogen-bond acceptors (Lipinski definition) is 3. The molecule has 0 aliphatic carbocycles. The first-order chi connectivity index (χ1) is 3.27. The van der Waals surface area contributed by atoms with Crippen molar-refractivity contribution in [2.45, 2.75) is 0 Å². The largest absolute Gasteiger partial charge is 0.383 e. The summed E-state index contributed by atoms with van der Waals surface area (Å²) in [5, 5.41) is 9.52. The highest BCUT2D eigenvalue weighted by Gasteiger charge is 1.85. The number of hydroxylamine groups is 2. The van der Waals surface area contributed by atoms with Crippen LogP contribution in [0.15, 0.2) is 0 Å². The van der Waals surface area contributed by atoms with Gasteiger partial charge in [-0.2, -0.15) is 5.06 Å². The molecule has 0 aliphatic rings. The first-order valence-corrected chi connectivity index (χ1v) is 2.16. The van der Waals surface area contributed by atoms with Gasteiger partial charge in [0.15, 0.2) is 0 Å². The van der Waals surface area contributed by atoms with Gasteiger partial charge in [-0.05, 0) is 0 Å². The average molecular weight is 105 g/mol. The molecule has 0 radical (unpaired) electrons. The van der Waals surface area contributed by atoms with Gasteiger partial charge in [-0.1, -0.05) is 0 Å². The molecular weight excluding hydrogens is 94.0 g/mol. The first-order valence-electron chi connectivity index (χ1n) is 2.16. The Morgan fingerprint density at radius 1 is 1.71 bits per heavy atom. The molecule has 3 heteroatoms. The van der Waals surface area contributed by atoms with Gasteiger partial charge in [-0.3, -0.25) is 0 Å². The third-order valence-electron chi connectivity index (χ3n) is 0.619. The first kappa shape index (κ1) is 6.88. The summed E-state index contributed by atoms with van der Waals surface area (Å²) in [4.78, 5) is 0. The van der Waals surface area contributed by atoms with Gasteiger partial charge in [0.2, 0.25) is 0 Å². The Morgan fingerprint density at radius 3 is 2.43 bits per heavy atom. The number of nitrogens with zero attached hydrogens (tertiary/aromatic N) is 1. The van der Waals surface area contributed by atoms with Crippen LogP contribution in [0, 0.1) is 0 Å². The van der Waals surface area contributed by atoms with Crippen molar-refractivity contribution < 1.29 is 9.94 Å². The molecule has 0 aromatic heterocycles. The van der Waals surface area contributed by atoms with E-state index < -0.39 is 0 Å². The van der Waals surface area contributed by atoms with Gasteiger partial charge < -0.3 is 9.94 Å². The number of methoxy groups -OCH3 is 1. The SMILES string of the molecule is COCCN(C)O. The Balaban J connectivity index is 2.68. The smallest absolute Gasteiger partial charge is 0.0612 e. The lowest BCUT2D eigenvalue weighted by atomic mass is 10.7. The minimum Gasteiger partial charge on any atom is -0.383 e. The van der Waals surface area contributed by atoms with Crippen molar-refractivity contribution >= 4 is 0 Å². The molecule has 0 amide bonds. The van der Waals surface area contributed by atoms with Crippen LogP contribution in [-0.2, 0) is 4.74 Å². The van der Waals surface area contributed by atoms with E-state index in [9.17, 15) is 0 Å². The van der Waals surface area contributed by atoms with Gasteiger partial charge in [0, 0.05) is 20.7 Å². The van der Waals surface area contributed by atoms with Crippen LogP contribution in [-0.4, -0.2) is 37.6 Å². The third-order valence-corrected chi connectivity index (χ3v) is 0.619. The van der Waals surface area contributed by atoms with Crippen LogP contribution in [0.3, 0.4) is 0 Å². The van der Waals surface area contributed by atoms with Crippen LogP contribution in [0.4, 0.5) is 0 Å². The van der Waals surface area contributed by atoms with Crippen molar-refractivity contribution in [3.63, 3.8) is 0 Å². The maximum absolute atomic E-state index is 8.44. The van der Waals surface area contributed by atoms with Crippen molar-refractivity contribution in [1.82, 2.24) is 5.06 Å². The molecule has 0 bridgehead atoms. The minimum atomic E-state index is 0.566. The summed E-state index contributed by atoms with van der Waals surface area (Å²) < 4.78 is 4.65. The molecule has 7 heavy (non-hydrogen) atoms. The van der Waals surface area contributed by atoms with Crippen LogP contribution in [0.5, 0.6) is 0 Å². The molecule has 44 valence electrons. The van der Waals surface area contributed by atoms with Crippen molar-refractivity contribution in [2.24, 2.45) is 0 Å². The second-order valence-electron chi connectivity index (χ2n) is 1.37. The van der Waals surface area contributed by atoms with Gasteiger partial charge in [-0.15, -0.1) is 0 Å². The van der Waals surface area contributed by atoms with Gasteiger partial charge >= 0.3 is 0 Å². The molecule has 1 N–H and O–H groups in total. The van der Waals surface area contributed by atoms with Gasteiger partial charge in [0.1, 0.15) is 0 Å². The molecular formula is C4H11NO2. The van der Waals surface area contributed by atoms with Gasteiger partial charge in [0.05, 0.1) is 6.61 Å². The van der Waals surface area contributed by atoms with E-state index in [1.54, 1.807) is 14.2 Å². The lowest BCUT2D eigenvalue weighted by Crippen LogP contribution is -2.17. The Labute approximate surface area is 43.5 Å². The van der Waals surface area contributed by atoms with Crippen molar-refractivity contribution in [3.05, 3.63) is 0 Å². The van der Waals surface area contributed by atoms with Crippen molar-refractivity contribution in [1.29, 1.82) is 0 Å². The van der Waals surface area contributed by atoms with Crippen molar-refractivity contribution in [2.75, 3.05) is 27.3 Å². The highest BCUT2D eigenvalue weighted by molar-refractivity contribution is 4.29. The third kappa shape index (κ3) is 5.88. The molecule has 0 fully saturated rings. The van der Waals surface area contributed by atoms with E-state index in [2.05, 4.69) is 4.74 Å². The zero-order valence-corrected chi connectivity index (χ0v) is 4.72. The van der Waals surface area contributed by atoms with E-state index in [4.69, 9.17) is 5.21 Å². The lowest BCUT2D eigenvalue weighted by Gasteiger charge is -2.04. The predicted octanol–water partition coefficient (Wildman–Crippen LogP) is -0.0462. The summed E-state index contributed by atoms with van der Waals surface area (Å²) in [5.74, 6) is 0. The number of rotatable bonds is 3. The monoisotopic (exact) mass is 105 g/mol. The maximum Gasteiger partial charge on any atom is 0.0612 e. The topological polar surface area (TPSA) is 32.7 Å². The quantitative estimate of drug-likeness (QED) is 0.511. The van der Waals surface area contributed by atoms with E-state index in [0.717, 1.165) is 5.06 Å². The molecule has 0 atom stereocenters. The molecule has 0 spiro atoms. The Morgan fingerprint density at radius 2 is 2.29 bits per heavy atom.